The third-order valence-corrected chi connectivity index (χ3v) is 4.73. The Morgan fingerprint density at radius 1 is 1.37 bits per heavy atom. The number of hydrogen-bond donors (Lipinski definition) is 0. The molecule has 2 aromatic rings. The number of likely N-dealkylation sites (tertiary alicyclic amines) is 1. The van der Waals surface area contributed by atoms with E-state index in [-0.39, 0.29) is 17.6 Å². The number of benzene rings is 1. The predicted octanol–water partition coefficient (Wildman–Crippen LogP) is 2.97. The van der Waals surface area contributed by atoms with E-state index >= 15 is 0 Å². The van der Waals surface area contributed by atoms with Crippen LogP contribution in [0.25, 0.3) is 0 Å². The molecular weight excluding hydrogens is 345 g/mol. The van der Waals surface area contributed by atoms with Crippen LogP contribution in [0, 0.1) is 11.7 Å². The summed E-state index contributed by atoms with van der Waals surface area (Å²) in [4.78, 5) is 20.7. The maximum atomic E-state index is 13.2. The highest BCUT2D eigenvalue weighted by Gasteiger charge is 2.24. The molecule has 5 nitrogen and oxygen atoms in total. The smallest absolute Gasteiger partial charge is 0.236 e. The van der Waals surface area contributed by atoms with Gasteiger partial charge in [-0.2, -0.15) is 0 Å². The number of ether oxygens (including phenoxy) is 1. The van der Waals surface area contributed by atoms with Gasteiger partial charge < -0.3 is 9.64 Å². The molecule has 6 heteroatoms. The van der Waals surface area contributed by atoms with Crippen LogP contribution < -0.4 is 4.74 Å². The van der Waals surface area contributed by atoms with Crippen LogP contribution in [0.3, 0.4) is 0 Å². The molecule has 1 aliphatic rings. The Balaban J connectivity index is 1.46. The molecule has 1 aromatic heterocycles. The van der Waals surface area contributed by atoms with Gasteiger partial charge in [0.25, 0.3) is 0 Å². The van der Waals surface area contributed by atoms with Crippen molar-refractivity contribution in [3.8, 4) is 5.75 Å². The van der Waals surface area contributed by atoms with E-state index in [1.54, 1.807) is 18.3 Å². The van der Waals surface area contributed by atoms with E-state index in [4.69, 9.17) is 4.74 Å². The molecule has 0 saturated carbocycles. The van der Waals surface area contributed by atoms with E-state index in [0.29, 0.717) is 32.0 Å². The summed E-state index contributed by atoms with van der Waals surface area (Å²) in [5.74, 6) is 0.644. The summed E-state index contributed by atoms with van der Waals surface area (Å²) in [5.41, 5.74) is 1.09. The van der Waals surface area contributed by atoms with Gasteiger partial charge in [-0.3, -0.25) is 14.7 Å². The maximum Gasteiger partial charge on any atom is 0.236 e. The molecule has 2 heterocycles. The van der Waals surface area contributed by atoms with Crippen molar-refractivity contribution in [1.29, 1.82) is 0 Å². The van der Waals surface area contributed by atoms with Crippen molar-refractivity contribution in [2.75, 3.05) is 33.3 Å². The molecule has 27 heavy (non-hydrogen) atoms. The number of nitrogens with zero attached hydrogens (tertiary/aromatic N) is 3. The van der Waals surface area contributed by atoms with Crippen LogP contribution in [-0.4, -0.2) is 54.0 Å². The van der Waals surface area contributed by atoms with E-state index in [1.165, 1.54) is 12.1 Å². The second kappa shape index (κ2) is 9.46. The Kier molecular flexibility index (Phi) is 6.76. The van der Waals surface area contributed by atoms with Crippen molar-refractivity contribution in [3.05, 3.63) is 60.2 Å². The molecule has 1 fully saturated rings. The molecule has 0 N–H and O–H groups in total. The van der Waals surface area contributed by atoms with Crippen LogP contribution >= 0.6 is 0 Å². The monoisotopic (exact) mass is 371 g/mol. The summed E-state index contributed by atoms with van der Waals surface area (Å²) >= 11 is 0. The van der Waals surface area contributed by atoms with Gasteiger partial charge in [-0.1, -0.05) is 12.1 Å². The van der Waals surface area contributed by atoms with Gasteiger partial charge in [-0.15, -0.1) is 0 Å². The lowest BCUT2D eigenvalue weighted by molar-refractivity contribution is -0.134. The van der Waals surface area contributed by atoms with Crippen molar-refractivity contribution in [2.24, 2.45) is 5.92 Å². The SMILES string of the molecule is CN(CC(=O)N1CCC[C@@H](COc2cccc(F)c2)C1)Cc1cccnc1. The van der Waals surface area contributed by atoms with Crippen molar-refractivity contribution < 1.29 is 13.9 Å². The van der Waals surface area contributed by atoms with Gasteiger partial charge in [0.15, 0.2) is 0 Å². The zero-order chi connectivity index (χ0) is 19.1. The zero-order valence-corrected chi connectivity index (χ0v) is 15.7. The standard InChI is InChI=1S/C21H26FN3O2/c1-24(13-17-5-3-9-23-12-17)15-21(26)25-10-4-6-18(14-25)16-27-20-8-2-7-19(22)11-20/h2-3,5,7-9,11-12,18H,4,6,10,13-16H2,1H3/t18-/m1/s1. The number of amides is 1. The Morgan fingerprint density at radius 2 is 2.26 bits per heavy atom. The predicted molar refractivity (Wildman–Crippen MR) is 102 cm³/mol. The fourth-order valence-corrected chi connectivity index (χ4v) is 3.39. The molecule has 1 amide bonds. The van der Waals surface area contributed by atoms with Crippen LogP contribution in [0.2, 0.25) is 0 Å². The van der Waals surface area contributed by atoms with Crippen LogP contribution in [-0.2, 0) is 11.3 Å². The number of halogens is 1. The van der Waals surface area contributed by atoms with Crippen molar-refractivity contribution in [1.82, 2.24) is 14.8 Å². The minimum atomic E-state index is -0.301. The van der Waals surface area contributed by atoms with Crippen LogP contribution in [0.4, 0.5) is 4.39 Å². The van der Waals surface area contributed by atoms with E-state index in [1.807, 2.05) is 35.2 Å². The molecule has 1 aromatic carbocycles. The van der Waals surface area contributed by atoms with Gasteiger partial charge in [-0.25, -0.2) is 4.39 Å². The highest BCUT2D eigenvalue weighted by Crippen LogP contribution is 2.19. The number of carbonyl (C=O) groups is 1. The summed E-state index contributed by atoms with van der Waals surface area (Å²) in [5, 5.41) is 0. The lowest BCUT2D eigenvalue weighted by atomic mass is 9.99. The number of likely N-dealkylation sites (N-methyl/N-ethyl adjacent to an activating group) is 1. The first-order valence-electron chi connectivity index (χ1n) is 9.34. The summed E-state index contributed by atoms with van der Waals surface area (Å²) in [6, 6.07) is 10.1. The maximum absolute atomic E-state index is 13.2. The first-order valence-corrected chi connectivity index (χ1v) is 9.34. The topological polar surface area (TPSA) is 45.7 Å². The number of carbonyl (C=O) groups excluding carboxylic acids is 1. The van der Waals surface area contributed by atoms with Crippen molar-refractivity contribution in [2.45, 2.75) is 19.4 Å². The normalized spacial score (nSPS) is 17.1. The van der Waals surface area contributed by atoms with E-state index < -0.39 is 0 Å². The fraction of sp³-hybridized carbons (Fsp3) is 0.429. The molecule has 0 bridgehead atoms. The number of hydrogen-bond acceptors (Lipinski definition) is 4. The van der Waals surface area contributed by atoms with Gasteiger partial charge in [0.1, 0.15) is 11.6 Å². The van der Waals surface area contributed by atoms with Crippen molar-refractivity contribution >= 4 is 5.91 Å². The summed E-state index contributed by atoms with van der Waals surface area (Å²) < 4.78 is 19.0. The molecule has 0 spiro atoms. The highest BCUT2D eigenvalue weighted by atomic mass is 19.1. The molecular formula is C21H26FN3O2. The Morgan fingerprint density at radius 3 is 3.04 bits per heavy atom. The molecule has 144 valence electrons. The molecule has 1 atom stereocenters. The quantitative estimate of drug-likeness (QED) is 0.751. The van der Waals surface area contributed by atoms with Crippen molar-refractivity contribution in [3.63, 3.8) is 0 Å². The minimum absolute atomic E-state index is 0.136. The van der Waals surface area contributed by atoms with E-state index in [0.717, 1.165) is 24.9 Å². The Hall–Kier alpha value is -2.47. The lowest BCUT2D eigenvalue weighted by Crippen LogP contribution is -2.45. The van der Waals surface area contributed by atoms with Crippen LogP contribution in [0.5, 0.6) is 5.75 Å². The Labute approximate surface area is 159 Å². The Bertz CT molecular complexity index is 741. The first-order chi connectivity index (χ1) is 13.1. The molecule has 0 unspecified atom stereocenters. The third kappa shape index (κ3) is 6.03. The van der Waals surface area contributed by atoms with Gasteiger partial charge in [0.2, 0.25) is 5.91 Å². The van der Waals surface area contributed by atoms with Gasteiger partial charge >= 0.3 is 0 Å². The zero-order valence-electron chi connectivity index (χ0n) is 15.7. The van der Waals surface area contributed by atoms with Gasteiger partial charge in [-0.05, 0) is 43.7 Å². The molecule has 0 radical (unpaired) electrons. The summed E-state index contributed by atoms with van der Waals surface area (Å²) in [7, 11) is 1.94. The first kappa shape index (κ1) is 19.3. The van der Waals surface area contributed by atoms with Crippen LogP contribution in [0.15, 0.2) is 48.8 Å². The fourth-order valence-electron chi connectivity index (χ4n) is 3.39. The van der Waals surface area contributed by atoms with E-state index in [9.17, 15) is 9.18 Å². The average molecular weight is 371 g/mol. The molecule has 1 saturated heterocycles. The molecule has 3 rings (SSSR count). The minimum Gasteiger partial charge on any atom is -0.493 e. The summed E-state index contributed by atoms with van der Waals surface area (Å²) in [6.45, 7) is 3.05. The second-order valence-corrected chi connectivity index (χ2v) is 7.15. The highest BCUT2D eigenvalue weighted by molar-refractivity contribution is 5.78. The lowest BCUT2D eigenvalue weighted by Gasteiger charge is -2.33. The molecule has 1 aliphatic heterocycles. The average Bonchev–Trinajstić information content (AvgIpc) is 2.67. The van der Waals surface area contributed by atoms with E-state index in [2.05, 4.69) is 4.98 Å². The van der Waals surface area contributed by atoms with Gasteiger partial charge in [0.05, 0.1) is 13.2 Å². The van der Waals surface area contributed by atoms with Gasteiger partial charge in [0, 0.05) is 44.0 Å². The number of rotatable bonds is 7. The largest absolute Gasteiger partial charge is 0.493 e. The number of piperidine rings is 1. The number of pyridine rings is 1. The number of aromatic nitrogens is 1. The second-order valence-electron chi connectivity index (χ2n) is 7.15. The summed E-state index contributed by atoms with van der Waals surface area (Å²) in [6.07, 6.45) is 5.55. The van der Waals surface area contributed by atoms with Crippen LogP contribution in [0.1, 0.15) is 18.4 Å². The molecule has 0 aliphatic carbocycles. The third-order valence-electron chi connectivity index (χ3n) is 4.73.